The standard InChI is InChI=1S/C13H13ClF3NO4S/c1-7-2-3-11(10(14)4-7)23(21,22)18-5-8(12(19)20)9(6-18)13(15,16)17/h2-4,8-9H,5-6H2,1H3,(H,19,20)/t8-,9-/m1/s1. The van der Waals surface area contributed by atoms with Gasteiger partial charge in [-0.3, -0.25) is 4.79 Å². The summed E-state index contributed by atoms with van der Waals surface area (Å²) in [7, 11) is -4.31. The van der Waals surface area contributed by atoms with Gasteiger partial charge in [0.05, 0.1) is 16.9 Å². The number of carboxylic acids is 1. The summed E-state index contributed by atoms with van der Waals surface area (Å²) >= 11 is 5.87. The average molecular weight is 372 g/mol. The predicted molar refractivity (Wildman–Crippen MR) is 75.6 cm³/mol. The fourth-order valence-electron chi connectivity index (χ4n) is 2.50. The lowest BCUT2D eigenvalue weighted by Gasteiger charge is -2.19. The lowest BCUT2D eigenvalue weighted by molar-refractivity contribution is -0.187. The Balaban J connectivity index is 2.40. The van der Waals surface area contributed by atoms with E-state index in [2.05, 4.69) is 0 Å². The van der Waals surface area contributed by atoms with Gasteiger partial charge in [0, 0.05) is 13.1 Å². The van der Waals surface area contributed by atoms with Gasteiger partial charge in [-0.05, 0) is 24.6 Å². The van der Waals surface area contributed by atoms with E-state index in [-0.39, 0.29) is 9.92 Å². The zero-order chi connectivity index (χ0) is 17.6. The van der Waals surface area contributed by atoms with Crippen molar-refractivity contribution in [3.8, 4) is 0 Å². The molecule has 1 heterocycles. The molecular weight excluding hydrogens is 359 g/mol. The fourth-order valence-corrected chi connectivity index (χ4v) is 4.56. The Kier molecular flexibility index (Phi) is 4.67. The highest BCUT2D eigenvalue weighted by Crippen LogP contribution is 2.40. The Morgan fingerprint density at radius 1 is 1.35 bits per heavy atom. The molecule has 0 amide bonds. The van der Waals surface area contributed by atoms with Gasteiger partial charge < -0.3 is 5.11 Å². The molecule has 1 fully saturated rings. The molecule has 0 aromatic heterocycles. The van der Waals surface area contributed by atoms with Crippen molar-refractivity contribution in [2.45, 2.75) is 18.0 Å². The van der Waals surface area contributed by atoms with Gasteiger partial charge in [0.1, 0.15) is 4.90 Å². The zero-order valence-corrected chi connectivity index (χ0v) is 13.4. The van der Waals surface area contributed by atoms with Crippen molar-refractivity contribution in [2.24, 2.45) is 11.8 Å². The SMILES string of the molecule is Cc1ccc(S(=O)(=O)N2C[C@@H](C(F)(F)F)[C@H](C(=O)O)C2)c(Cl)c1. The normalized spacial score (nSPS) is 23.2. The van der Waals surface area contributed by atoms with Gasteiger partial charge in [0.25, 0.3) is 0 Å². The van der Waals surface area contributed by atoms with E-state index in [1.165, 1.54) is 18.2 Å². The first-order valence-corrected chi connectivity index (χ1v) is 8.32. The summed E-state index contributed by atoms with van der Waals surface area (Å²) in [5, 5.41) is 8.83. The third-order valence-corrected chi connectivity index (χ3v) is 6.04. The lowest BCUT2D eigenvalue weighted by Crippen LogP contribution is -2.34. The van der Waals surface area contributed by atoms with E-state index >= 15 is 0 Å². The Labute approximate surface area is 135 Å². The van der Waals surface area contributed by atoms with Gasteiger partial charge in [-0.15, -0.1) is 0 Å². The zero-order valence-electron chi connectivity index (χ0n) is 11.8. The number of hydrogen-bond acceptors (Lipinski definition) is 3. The maximum absolute atomic E-state index is 13.0. The topological polar surface area (TPSA) is 74.7 Å². The first kappa shape index (κ1) is 18.0. The second kappa shape index (κ2) is 5.95. The summed E-state index contributed by atoms with van der Waals surface area (Å²) in [5.41, 5.74) is 0.687. The van der Waals surface area contributed by atoms with Crippen LogP contribution in [0, 0.1) is 18.8 Å². The van der Waals surface area contributed by atoms with Crippen LogP contribution >= 0.6 is 11.6 Å². The highest BCUT2D eigenvalue weighted by molar-refractivity contribution is 7.89. The van der Waals surface area contributed by atoms with E-state index in [1.54, 1.807) is 6.92 Å². The van der Waals surface area contributed by atoms with Gasteiger partial charge in [0.15, 0.2) is 0 Å². The summed E-state index contributed by atoms with van der Waals surface area (Å²) in [6, 6.07) is 4.04. The molecule has 0 radical (unpaired) electrons. The lowest BCUT2D eigenvalue weighted by atomic mass is 9.96. The highest BCUT2D eigenvalue weighted by Gasteiger charge is 2.55. The second-order valence-electron chi connectivity index (χ2n) is 5.35. The van der Waals surface area contributed by atoms with Crippen molar-refractivity contribution in [2.75, 3.05) is 13.1 Å². The molecule has 23 heavy (non-hydrogen) atoms. The van der Waals surface area contributed by atoms with Gasteiger partial charge in [-0.25, -0.2) is 8.42 Å². The molecule has 1 aliphatic rings. The van der Waals surface area contributed by atoms with Crippen LogP contribution in [-0.4, -0.2) is 43.1 Å². The van der Waals surface area contributed by atoms with Crippen molar-refractivity contribution in [3.05, 3.63) is 28.8 Å². The minimum atomic E-state index is -4.80. The quantitative estimate of drug-likeness (QED) is 0.886. The van der Waals surface area contributed by atoms with E-state index < -0.39 is 47.1 Å². The van der Waals surface area contributed by atoms with Crippen LogP contribution < -0.4 is 0 Å². The number of carboxylic acid groups (broad SMARTS) is 1. The molecule has 1 aliphatic heterocycles. The number of aliphatic carboxylic acids is 1. The number of nitrogens with zero attached hydrogens (tertiary/aromatic N) is 1. The number of carbonyl (C=O) groups is 1. The maximum atomic E-state index is 13.0. The van der Waals surface area contributed by atoms with Crippen LogP contribution in [-0.2, 0) is 14.8 Å². The van der Waals surface area contributed by atoms with Crippen LogP contribution in [0.25, 0.3) is 0 Å². The molecule has 5 nitrogen and oxygen atoms in total. The van der Waals surface area contributed by atoms with E-state index in [4.69, 9.17) is 16.7 Å². The molecule has 1 aromatic rings. The number of sulfonamides is 1. The third-order valence-electron chi connectivity index (χ3n) is 3.73. The van der Waals surface area contributed by atoms with Crippen LogP contribution in [0.1, 0.15) is 5.56 Å². The summed E-state index contributed by atoms with van der Waals surface area (Å²) < 4.78 is 64.4. The number of alkyl halides is 3. The predicted octanol–water partition coefficient (Wildman–Crippen LogP) is 2.53. The van der Waals surface area contributed by atoms with Crippen LogP contribution in [0.5, 0.6) is 0 Å². The molecule has 0 aliphatic carbocycles. The monoisotopic (exact) mass is 371 g/mol. The van der Waals surface area contributed by atoms with Crippen LogP contribution in [0.4, 0.5) is 13.2 Å². The van der Waals surface area contributed by atoms with Crippen molar-refractivity contribution in [1.29, 1.82) is 0 Å². The fraction of sp³-hybridized carbons (Fsp3) is 0.462. The minimum absolute atomic E-state index is 0.118. The van der Waals surface area contributed by atoms with E-state index in [1.807, 2.05) is 0 Å². The number of rotatable bonds is 3. The summed E-state index contributed by atoms with van der Waals surface area (Å²) in [4.78, 5) is 10.7. The molecule has 128 valence electrons. The van der Waals surface area contributed by atoms with Gasteiger partial charge in [0.2, 0.25) is 10.0 Å². The van der Waals surface area contributed by atoms with Crippen LogP contribution in [0.3, 0.4) is 0 Å². The maximum Gasteiger partial charge on any atom is 0.393 e. The van der Waals surface area contributed by atoms with E-state index in [0.717, 1.165) is 0 Å². The molecule has 10 heteroatoms. The summed E-state index contributed by atoms with van der Waals surface area (Å²) in [6.07, 6.45) is -4.80. The number of benzene rings is 1. The number of halogens is 4. The minimum Gasteiger partial charge on any atom is -0.481 e. The molecule has 0 spiro atoms. The molecule has 2 rings (SSSR count). The Morgan fingerprint density at radius 3 is 2.39 bits per heavy atom. The van der Waals surface area contributed by atoms with E-state index in [9.17, 15) is 26.4 Å². The Bertz CT molecular complexity index is 735. The van der Waals surface area contributed by atoms with Gasteiger partial charge in [-0.1, -0.05) is 17.7 Å². The largest absolute Gasteiger partial charge is 0.481 e. The number of hydrogen-bond donors (Lipinski definition) is 1. The van der Waals surface area contributed by atoms with Crippen LogP contribution in [0.15, 0.2) is 23.1 Å². The molecule has 2 atom stereocenters. The molecule has 0 bridgehead atoms. The molecule has 1 N–H and O–H groups in total. The molecule has 0 unspecified atom stereocenters. The van der Waals surface area contributed by atoms with Crippen molar-refractivity contribution in [3.63, 3.8) is 0 Å². The second-order valence-corrected chi connectivity index (χ2v) is 7.66. The van der Waals surface area contributed by atoms with Crippen molar-refractivity contribution >= 4 is 27.6 Å². The Hall–Kier alpha value is -1.32. The summed E-state index contributed by atoms with van der Waals surface area (Å²) in [5.74, 6) is -5.77. The smallest absolute Gasteiger partial charge is 0.393 e. The number of aryl methyl sites for hydroxylation is 1. The molecular formula is C13H13ClF3NO4S. The first-order valence-electron chi connectivity index (χ1n) is 6.50. The van der Waals surface area contributed by atoms with Gasteiger partial charge >= 0.3 is 12.1 Å². The highest BCUT2D eigenvalue weighted by atomic mass is 35.5. The van der Waals surface area contributed by atoms with Crippen LogP contribution in [0.2, 0.25) is 5.02 Å². The van der Waals surface area contributed by atoms with Crippen molar-refractivity contribution in [1.82, 2.24) is 4.31 Å². The Morgan fingerprint density at radius 2 is 1.96 bits per heavy atom. The van der Waals surface area contributed by atoms with Gasteiger partial charge in [-0.2, -0.15) is 17.5 Å². The average Bonchev–Trinajstić information content (AvgIpc) is 2.83. The molecule has 1 saturated heterocycles. The van der Waals surface area contributed by atoms with E-state index in [0.29, 0.717) is 9.87 Å². The molecule has 0 saturated carbocycles. The third kappa shape index (κ3) is 3.46. The molecule has 1 aromatic carbocycles. The summed E-state index contributed by atoms with van der Waals surface area (Å²) in [6.45, 7) is -0.00265. The first-order chi connectivity index (χ1) is 10.4. The van der Waals surface area contributed by atoms with Crippen molar-refractivity contribution < 1.29 is 31.5 Å².